The molecule has 1 fully saturated rings. The van der Waals surface area contributed by atoms with Gasteiger partial charge in [-0.25, -0.2) is 0 Å². The molecule has 80 valence electrons. The van der Waals surface area contributed by atoms with E-state index in [1.165, 1.54) is 0 Å². The Kier molecular flexibility index (Phi) is 2.96. The van der Waals surface area contributed by atoms with Gasteiger partial charge < -0.3 is 5.73 Å². The quantitative estimate of drug-likeness (QED) is 0.784. The van der Waals surface area contributed by atoms with Crippen LogP contribution < -0.4 is 5.73 Å². The van der Waals surface area contributed by atoms with Crippen molar-refractivity contribution in [1.29, 1.82) is 0 Å². The van der Waals surface area contributed by atoms with Crippen LogP contribution in [0.4, 0.5) is 5.69 Å². The van der Waals surface area contributed by atoms with E-state index < -0.39 is 0 Å². The fraction of sp³-hybridized carbons (Fsp3) is 0.417. The molecule has 2 nitrogen and oxygen atoms in total. The third kappa shape index (κ3) is 2.32. The van der Waals surface area contributed by atoms with Crippen LogP contribution in [0.25, 0.3) is 0 Å². The van der Waals surface area contributed by atoms with Crippen LogP contribution in [0, 0.1) is 5.92 Å². The van der Waals surface area contributed by atoms with Gasteiger partial charge in [0.05, 0.1) is 0 Å². The molecular weight excluding hydrogens is 210 g/mol. The van der Waals surface area contributed by atoms with Crippen molar-refractivity contribution in [2.45, 2.75) is 25.7 Å². The zero-order valence-electron chi connectivity index (χ0n) is 8.50. The van der Waals surface area contributed by atoms with Gasteiger partial charge >= 0.3 is 0 Å². The molecule has 0 bridgehead atoms. The van der Waals surface area contributed by atoms with Crippen LogP contribution in [0.3, 0.4) is 0 Å². The van der Waals surface area contributed by atoms with Crippen LogP contribution >= 0.6 is 11.6 Å². The zero-order chi connectivity index (χ0) is 10.8. The highest BCUT2D eigenvalue weighted by Crippen LogP contribution is 2.28. The number of ketones is 1. The molecule has 0 amide bonds. The van der Waals surface area contributed by atoms with Crippen LogP contribution in [0.5, 0.6) is 0 Å². The average Bonchev–Trinajstić information content (AvgIpc) is 2.57. The van der Waals surface area contributed by atoms with Crippen molar-refractivity contribution in [1.82, 2.24) is 0 Å². The molecule has 1 aromatic carbocycles. The predicted molar refractivity (Wildman–Crippen MR) is 61.9 cm³/mol. The minimum Gasteiger partial charge on any atom is -0.399 e. The van der Waals surface area contributed by atoms with Crippen LogP contribution in [-0.4, -0.2) is 5.78 Å². The second kappa shape index (κ2) is 4.23. The van der Waals surface area contributed by atoms with Crippen molar-refractivity contribution < 1.29 is 4.79 Å². The highest BCUT2D eigenvalue weighted by atomic mass is 35.5. The van der Waals surface area contributed by atoms with E-state index in [0.29, 0.717) is 16.5 Å². The number of carbonyl (C=O) groups excluding carboxylic acids is 1. The fourth-order valence-electron chi connectivity index (χ4n) is 2.10. The standard InChI is InChI=1S/C12H14ClNO/c13-11-7-10(14)5-4-8(11)6-9-2-1-3-12(9)15/h4-5,7,9H,1-3,6,14H2. The lowest BCUT2D eigenvalue weighted by Crippen LogP contribution is -2.09. The lowest BCUT2D eigenvalue weighted by Gasteiger charge is -2.09. The molecule has 15 heavy (non-hydrogen) atoms. The maximum Gasteiger partial charge on any atom is 0.136 e. The summed E-state index contributed by atoms with van der Waals surface area (Å²) in [5.41, 5.74) is 7.31. The minimum atomic E-state index is 0.172. The summed E-state index contributed by atoms with van der Waals surface area (Å²) in [5, 5.41) is 0.676. The van der Waals surface area contributed by atoms with Crippen molar-refractivity contribution in [3.63, 3.8) is 0 Å². The van der Waals surface area contributed by atoms with E-state index in [1.807, 2.05) is 12.1 Å². The molecule has 0 heterocycles. The molecule has 0 radical (unpaired) electrons. The number of carbonyl (C=O) groups is 1. The Bertz CT molecular complexity index is 389. The van der Waals surface area contributed by atoms with E-state index in [1.54, 1.807) is 6.07 Å². The number of benzene rings is 1. The summed E-state index contributed by atoms with van der Waals surface area (Å²) < 4.78 is 0. The van der Waals surface area contributed by atoms with E-state index in [2.05, 4.69) is 0 Å². The van der Waals surface area contributed by atoms with Gasteiger partial charge in [-0.05, 0) is 37.0 Å². The first kappa shape index (κ1) is 10.5. The van der Waals surface area contributed by atoms with Gasteiger partial charge in [0.1, 0.15) is 5.78 Å². The van der Waals surface area contributed by atoms with E-state index in [-0.39, 0.29) is 5.92 Å². The van der Waals surface area contributed by atoms with Gasteiger partial charge in [-0.1, -0.05) is 17.7 Å². The monoisotopic (exact) mass is 223 g/mol. The summed E-state index contributed by atoms with van der Waals surface area (Å²) in [6.45, 7) is 0. The van der Waals surface area contributed by atoms with Gasteiger partial charge in [-0.2, -0.15) is 0 Å². The summed E-state index contributed by atoms with van der Waals surface area (Å²) >= 11 is 6.06. The number of nitrogen functional groups attached to an aromatic ring is 1. The molecule has 0 aromatic heterocycles. The Morgan fingerprint density at radius 3 is 2.87 bits per heavy atom. The van der Waals surface area contributed by atoms with Crippen LogP contribution in [0.2, 0.25) is 5.02 Å². The number of hydrogen-bond donors (Lipinski definition) is 1. The molecular formula is C12H14ClNO. The Morgan fingerprint density at radius 1 is 1.47 bits per heavy atom. The molecule has 0 aliphatic heterocycles. The first-order valence-corrected chi connectivity index (χ1v) is 5.61. The Balaban J connectivity index is 2.13. The highest BCUT2D eigenvalue weighted by Gasteiger charge is 2.24. The molecule has 1 aromatic rings. The van der Waals surface area contributed by atoms with Gasteiger partial charge in [0, 0.05) is 23.0 Å². The summed E-state index contributed by atoms with van der Waals surface area (Å²) in [4.78, 5) is 11.5. The van der Waals surface area contributed by atoms with Crippen LogP contribution in [0.15, 0.2) is 18.2 Å². The largest absolute Gasteiger partial charge is 0.399 e. The minimum absolute atomic E-state index is 0.172. The zero-order valence-corrected chi connectivity index (χ0v) is 9.26. The van der Waals surface area contributed by atoms with E-state index >= 15 is 0 Å². The summed E-state index contributed by atoms with van der Waals surface area (Å²) in [7, 11) is 0. The van der Waals surface area contributed by atoms with Crippen LogP contribution in [0.1, 0.15) is 24.8 Å². The number of halogens is 1. The Hall–Kier alpha value is -1.02. The van der Waals surface area contributed by atoms with Gasteiger partial charge in [-0.3, -0.25) is 4.79 Å². The fourth-order valence-corrected chi connectivity index (χ4v) is 2.36. The van der Waals surface area contributed by atoms with E-state index in [9.17, 15) is 4.79 Å². The number of rotatable bonds is 2. The number of hydrogen-bond acceptors (Lipinski definition) is 2. The summed E-state index contributed by atoms with van der Waals surface area (Å²) in [6.07, 6.45) is 3.52. The van der Waals surface area contributed by atoms with Crippen molar-refractivity contribution in [2.24, 2.45) is 5.92 Å². The summed E-state index contributed by atoms with van der Waals surface area (Å²) in [6, 6.07) is 5.50. The highest BCUT2D eigenvalue weighted by molar-refractivity contribution is 6.31. The van der Waals surface area contributed by atoms with Crippen molar-refractivity contribution in [3.8, 4) is 0 Å². The SMILES string of the molecule is Nc1ccc(CC2CCCC2=O)c(Cl)c1. The van der Waals surface area contributed by atoms with Gasteiger partial charge in [-0.15, -0.1) is 0 Å². The Morgan fingerprint density at radius 2 is 2.27 bits per heavy atom. The topological polar surface area (TPSA) is 43.1 Å². The van der Waals surface area contributed by atoms with E-state index in [0.717, 1.165) is 31.2 Å². The van der Waals surface area contributed by atoms with Gasteiger partial charge in [0.25, 0.3) is 0 Å². The van der Waals surface area contributed by atoms with Gasteiger partial charge in [0.15, 0.2) is 0 Å². The third-order valence-corrected chi connectivity index (χ3v) is 3.33. The average molecular weight is 224 g/mol. The molecule has 2 N–H and O–H groups in total. The van der Waals surface area contributed by atoms with Crippen LogP contribution in [-0.2, 0) is 11.2 Å². The first-order valence-electron chi connectivity index (χ1n) is 5.23. The van der Waals surface area contributed by atoms with Crippen molar-refractivity contribution in [2.75, 3.05) is 5.73 Å². The molecule has 1 aliphatic rings. The maximum absolute atomic E-state index is 11.5. The number of Topliss-reactive ketones (excluding diaryl/α,β-unsaturated/α-hetero) is 1. The predicted octanol–water partition coefficient (Wildman–Crippen LogP) is 2.83. The molecule has 1 aliphatic carbocycles. The van der Waals surface area contributed by atoms with Crippen molar-refractivity contribution in [3.05, 3.63) is 28.8 Å². The lowest BCUT2D eigenvalue weighted by molar-refractivity contribution is -0.120. The molecule has 2 rings (SSSR count). The first-order chi connectivity index (χ1) is 7.16. The molecule has 1 unspecified atom stereocenters. The summed E-state index contributed by atoms with van der Waals surface area (Å²) in [5.74, 6) is 0.550. The molecule has 1 atom stereocenters. The normalized spacial score (nSPS) is 20.9. The smallest absolute Gasteiger partial charge is 0.136 e. The molecule has 1 saturated carbocycles. The lowest BCUT2D eigenvalue weighted by atomic mass is 9.97. The molecule has 3 heteroatoms. The van der Waals surface area contributed by atoms with Gasteiger partial charge in [0.2, 0.25) is 0 Å². The Labute approximate surface area is 94.4 Å². The number of nitrogens with two attached hydrogens (primary N) is 1. The van der Waals surface area contributed by atoms with E-state index in [4.69, 9.17) is 17.3 Å². The van der Waals surface area contributed by atoms with Crippen molar-refractivity contribution >= 4 is 23.1 Å². The number of anilines is 1. The molecule has 0 saturated heterocycles. The maximum atomic E-state index is 11.5. The molecule has 0 spiro atoms. The third-order valence-electron chi connectivity index (χ3n) is 2.97. The second-order valence-electron chi connectivity index (χ2n) is 4.11. The second-order valence-corrected chi connectivity index (χ2v) is 4.52.